The Labute approximate surface area is 167 Å². The lowest BCUT2D eigenvalue weighted by atomic mass is 10.1. The average Bonchev–Trinajstić information content (AvgIpc) is 2.70. The van der Waals surface area contributed by atoms with E-state index < -0.39 is 0 Å². The zero-order valence-electron chi connectivity index (χ0n) is 17.2. The molecule has 6 heteroatoms. The van der Waals surface area contributed by atoms with Crippen LogP contribution in [0.4, 0.5) is 11.4 Å². The van der Waals surface area contributed by atoms with Gasteiger partial charge in [-0.15, -0.1) is 0 Å². The minimum Gasteiger partial charge on any atom is -0.372 e. The molecular formula is C22H30N4O2. The third kappa shape index (κ3) is 6.08. The quantitative estimate of drug-likeness (QED) is 0.688. The Kier molecular flexibility index (Phi) is 7.99. The number of anilines is 2. The van der Waals surface area contributed by atoms with Crippen LogP contribution in [0.3, 0.4) is 0 Å². The Balaban J connectivity index is 2.01. The summed E-state index contributed by atoms with van der Waals surface area (Å²) in [5.41, 5.74) is 2.45. The summed E-state index contributed by atoms with van der Waals surface area (Å²) in [6.07, 6.45) is 2.39. The summed E-state index contributed by atoms with van der Waals surface area (Å²) in [5.74, 6) is -0.0136. The van der Waals surface area contributed by atoms with Gasteiger partial charge in [-0.3, -0.25) is 14.6 Å². The highest BCUT2D eigenvalue weighted by Crippen LogP contribution is 2.18. The van der Waals surface area contributed by atoms with Crippen molar-refractivity contribution in [2.24, 2.45) is 5.92 Å². The van der Waals surface area contributed by atoms with Gasteiger partial charge in [0.05, 0.1) is 0 Å². The van der Waals surface area contributed by atoms with Gasteiger partial charge in [0.15, 0.2) is 0 Å². The number of hydrogen-bond donors (Lipinski definition) is 2. The second kappa shape index (κ2) is 10.4. The number of nitrogens with zero attached hydrogens (tertiary/aromatic N) is 2. The Morgan fingerprint density at radius 3 is 2.32 bits per heavy atom. The van der Waals surface area contributed by atoms with Crippen LogP contribution in [0.15, 0.2) is 42.6 Å². The van der Waals surface area contributed by atoms with Crippen LogP contribution in [-0.2, 0) is 0 Å². The van der Waals surface area contributed by atoms with Gasteiger partial charge in [0.25, 0.3) is 11.8 Å². The van der Waals surface area contributed by atoms with Crippen LogP contribution in [0.2, 0.25) is 0 Å². The van der Waals surface area contributed by atoms with Crippen molar-refractivity contribution in [3.05, 3.63) is 53.9 Å². The van der Waals surface area contributed by atoms with Gasteiger partial charge in [-0.05, 0) is 62.6 Å². The molecule has 0 bridgehead atoms. The van der Waals surface area contributed by atoms with Crippen molar-refractivity contribution in [1.82, 2.24) is 10.3 Å². The first-order valence-corrected chi connectivity index (χ1v) is 9.85. The molecule has 0 radical (unpaired) electrons. The molecule has 150 valence electrons. The molecule has 0 unspecified atom stereocenters. The van der Waals surface area contributed by atoms with E-state index in [4.69, 9.17) is 0 Å². The molecule has 0 aliphatic rings. The van der Waals surface area contributed by atoms with Gasteiger partial charge in [-0.1, -0.05) is 13.8 Å². The van der Waals surface area contributed by atoms with Crippen LogP contribution in [0.5, 0.6) is 0 Å². The van der Waals surface area contributed by atoms with Crippen molar-refractivity contribution in [3.8, 4) is 0 Å². The van der Waals surface area contributed by atoms with E-state index in [1.807, 2.05) is 24.3 Å². The van der Waals surface area contributed by atoms with E-state index in [9.17, 15) is 9.59 Å². The van der Waals surface area contributed by atoms with E-state index in [-0.39, 0.29) is 17.5 Å². The molecule has 2 aromatic rings. The predicted molar refractivity (Wildman–Crippen MR) is 114 cm³/mol. The van der Waals surface area contributed by atoms with Crippen LogP contribution in [0, 0.1) is 5.92 Å². The second-order valence-corrected chi connectivity index (χ2v) is 7.04. The molecule has 1 aromatic carbocycles. The first-order chi connectivity index (χ1) is 13.4. The summed E-state index contributed by atoms with van der Waals surface area (Å²) in [6, 6.07) is 10.8. The van der Waals surface area contributed by atoms with Crippen LogP contribution >= 0.6 is 0 Å². The normalized spacial score (nSPS) is 10.6. The number of benzene rings is 1. The third-order valence-corrected chi connectivity index (χ3v) is 4.52. The van der Waals surface area contributed by atoms with Crippen molar-refractivity contribution >= 4 is 23.2 Å². The van der Waals surface area contributed by atoms with E-state index in [1.165, 1.54) is 12.3 Å². The van der Waals surface area contributed by atoms with Gasteiger partial charge >= 0.3 is 0 Å². The minimum absolute atomic E-state index is 0.194. The summed E-state index contributed by atoms with van der Waals surface area (Å²) in [5, 5.41) is 5.70. The van der Waals surface area contributed by atoms with Gasteiger partial charge in [-0.2, -0.15) is 0 Å². The standard InChI is InChI=1S/C22H30N4O2/c1-5-26(6-2)19-9-7-18(8-10-19)25-22(28)20-15-17(12-14-23-20)21(27)24-13-11-16(3)4/h7-10,12,14-16H,5-6,11,13H2,1-4H3,(H,24,27)(H,25,28). The van der Waals surface area contributed by atoms with Crippen molar-refractivity contribution in [2.75, 3.05) is 29.9 Å². The van der Waals surface area contributed by atoms with Crippen LogP contribution in [0.1, 0.15) is 55.0 Å². The summed E-state index contributed by atoms with van der Waals surface area (Å²) in [4.78, 5) is 31.1. The zero-order valence-corrected chi connectivity index (χ0v) is 17.2. The number of hydrogen-bond acceptors (Lipinski definition) is 4. The lowest BCUT2D eigenvalue weighted by Crippen LogP contribution is -2.26. The first kappa shape index (κ1) is 21.4. The fraction of sp³-hybridized carbons (Fsp3) is 0.409. The fourth-order valence-electron chi connectivity index (χ4n) is 2.81. The van der Waals surface area contributed by atoms with Crippen molar-refractivity contribution < 1.29 is 9.59 Å². The molecule has 0 saturated heterocycles. The molecule has 2 rings (SSSR count). The Bertz CT molecular complexity index is 783. The smallest absolute Gasteiger partial charge is 0.274 e. The number of carbonyl (C=O) groups excluding carboxylic acids is 2. The van der Waals surface area contributed by atoms with E-state index >= 15 is 0 Å². The number of pyridine rings is 1. The maximum atomic E-state index is 12.5. The van der Waals surface area contributed by atoms with Crippen molar-refractivity contribution in [3.63, 3.8) is 0 Å². The average molecular weight is 383 g/mol. The molecule has 2 amide bonds. The number of carbonyl (C=O) groups is 2. The summed E-state index contributed by atoms with van der Waals surface area (Å²) >= 11 is 0. The highest BCUT2D eigenvalue weighted by atomic mass is 16.2. The van der Waals surface area contributed by atoms with Crippen molar-refractivity contribution in [2.45, 2.75) is 34.1 Å². The molecular weight excluding hydrogens is 352 g/mol. The SMILES string of the molecule is CCN(CC)c1ccc(NC(=O)c2cc(C(=O)NCCC(C)C)ccn2)cc1. The molecule has 0 aliphatic heterocycles. The molecule has 0 saturated carbocycles. The van der Waals surface area contributed by atoms with Crippen molar-refractivity contribution in [1.29, 1.82) is 0 Å². The summed E-state index contributed by atoms with van der Waals surface area (Å²) < 4.78 is 0. The van der Waals surface area contributed by atoms with E-state index in [2.05, 4.69) is 48.2 Å². The number of nitrogens with one attached hydrogen (secondary N) is 2. The highest BCUT2D eigenvalue weighted by molar-refractivity contribution is 6.04. The Hall–Kier alpha value is -2.89. The van der Waals surface area contributed by atoms with Gasteiger partial charge in [0.1, 0.15) is 5.69 Å². The zero-order chi connectivity index (χ0) is 20.5. The Morgan fingerprint density at radius 1 is 1.04 bits per heavy atom. The number of aromatic nitrogens is 1. The predicted octanol–water partition coefficient (Wildman–Crippen LogP) is 3.96. The topological polar surface area (TPSA) is 74.3 Å². The van der Waals surface area contributed by atoms with Gasteiger partial charge in [0.2, 0.25) is 0 Å². The van der Waals surface area contributed by atoms with E-state index in [0.717, 1.165) is 25.2 Å². The molecule has 1 aromatic heterocycles. The molecule has 0 aliphatic carbocycles. The lowest BCUT2D eigenvalue weighted by Gasteiger charge is -2.21. The van der Waals surface area contributed by atoms with E-state index in [0.29, 0.717) is 23.7 Å². The largest absolute Gasteiger partial charge is 0.372 e. The van der Waals surface area contributed by atoms with Gasteiger partial charge in [-0.25, -0.2) is 0 Å². The maximum Gasteiger partial charge on any atom is 0.274 e. The van der Waals surface area contributed by atoms with E-state index in [1.54, 1.807) is 6.07 Å². The Morgan fingerprint density at radius 2 is 1.71 bits per heavy atom. The molecule has 28 heavy (non-hydrogen) atoms. The first-order valence-electron chi connectivity index (χ1n) is 9.85. The fourth-order valence-corrected chi connectivity index (χ4v) is 2.81. The highest BCUT2D eigenvalue weighted by Gasteiger charge is 2.12. The molecule has 2 N–H and O–H groups in total. The monoisotopic (exact) mass is 382 g/mol. The molecule has 0 fully saturated rings. The number of amides is 2. The molecule has 6 nitrogen and oxygen atoms in total. The maximum absolute atomic E-state index is 12.5. The minimum atomic E-state index is -0.340. The van der Waals surface area contributed by atoms with Crippen LogP contribution < -0.4 is 15.5 Å². The number of rotatable bonds is 9. The van der Waals surface area contributed by atoms with Gasteiger partial charge in [0, 0.05) is 42.8 Å². The van der Waals surface area contributed by atoms with Crippen LogP contribution in [0.25, 0.3) is 0 Å². The summed E-state index contributed by atoms with van der Waals surface area (Å²) in [7, 11) is 0. The van der Waals surface area contributed by atoms with Crippen LogP contribution in [-0.4, -0.2) is 36.4 Å². The summed E-state index contributed by atoms with van der Waals surface area (Å²) in [6.45, 7) is 10.9. The molecule has 1 heterocycles. The molecule has 0 atom stereocenters. The van der Waals surface area contributed by atoms with Gasteiger partial charge < -0.3 is 15.5 Å². The second-order valence-electron chi connectivity index (χ2n) is 7.04. The molecule has 0 spiro atoms. The third-order valence-electron chi connectivity index (χ3n) is 4.52. The lowest BCUT2D eigenvalue weighted by molar-refractivity contribution is 0.0952.